The van der Waals surface area contributed by atoms with E-state index in [-0.39, 0.29) is 17.7 Å². The van der Waals surface area contributed by atoms with Gasteiger partial charge in [0.25, 0.3) is 0 Å². The lowest BCUT2D eigenvalue weighted by atomic mass is 10.2. The van der Waals surface area contributed by atoms with Crippen LogP contribution in [-0.2, 0) is 11.8 Å². The second kappa shape index (κ2) is 3.97. The first-order chi connectivity index (χ1) is 8.63. The Hall–Kier alpha value is -2.11. The molecular formula is C12H14N4O2. The van der Waals surface area contributed by atoms with Gasteiger partial charge >= 0.3 is 0 Å². The minimum atomic E-state index is -0.00264. The van der Waals surface area contributed by atoms with Crippen LogP contribution in [0.5, 0.6) is 0 Å². The molecule has 1 aliphatic carbocycles. The Labute approximate surface area is 104 Å². The molecule has 2 aromatic heterocycles. The number of aryl methyl sites for hydroxylation is 2. The molecule has 0 spiro atoms. The number of aromatic nitrogens is 3. The molecule has 18 heavy (non-hydrogen) atoms. The summed E-state index contributed by atoms with van der Waals surface area (Å²) in [6.45, 7) is 1.79. The number of nitrogens with one attached hydrogen (secondary N) is 1. The van der Waals surface area contributed by atoms with Gasteiger partial charge in [-0.3, -0.25) is 9.48 Å². The van der Waals surface area contributed by atoms with Gasteiger partial charge in [-0.05, 0) is 24.8 Å². The van der Waals surface area contributed by atoms with E-state index in [0.717, 1.165) is 12.0 Å². The highest BCUT2D eigenvalue weighted by atomic mass is 16.5. The highest BCUT2D eigenvalue weighted by Crippen LogP contribution is 2.47. The van der Waals surface area contributed by atoms with Gasteiger partial charge in [-0.1, -0.05) is 5.16 Å². The standard InChI is InChI=1S/C12H14N4O2/c1-7-3-11(15-18-7)14-12(17)10-4-9(10)8-5-13-16(2)6-8/h3,5-6,9-10H,4H2,1-2H3,(H,14,15,17)/t9-,10-/m1/s1. The van der Waals surface area contributed by atoms with Gasteiger partial charge in [-0.15, -0.1) is 0 Å². The quantitative estimate of drug-likeness (QED) is 0.889. The molecule has 0 aliphatic heterocycles. The summed E-state index contributed by atoms with van der Waals surface area (Å²) in [4.78, 5) is 12.0. The van der Waals surface area contributed by atoms with E-state index in [2.05, 4.69) is 15.6 Å². The summed E-state index contributed by atoms with van der Waals surface area (Å²) in [6.07, 6.45) is 4.64. The molecule has 1 amide bonds. The number of hydrogen-bond donors (Lipinski definition) is 1. The van der Waals surface area contributed by atoms with Crippen LogP contribution in [0.1, 0.15) is 23.7 Å². The first-order valence-corrected chi connectivity index (χ1v) is 5.86. The van der Waals surface area contributed by atoms with Crippen LogP contribution in [0, 0.1) is 12.8 Å². The van der Waals surface area contributed by atoms with Crippen molar-refractivity contribution in [1.82, 2.24) is 14.9 Å². The van der Waals surface area contributed by atoms with E-state index < -0.39 is 0 Å². The average Bonchev–Trinajstić information content (AvgIpc) is 2.86. The van der Waals surface area contributed by atoms with Gasteiger partial charge in [0, 0.05) is 25.2 Å². The Morgan fingerprint density at radius 1 is 1.61 bits per heavy atom. The van der Waals surface area contributed by atoms with Crippen LogP contribution in [-0.4, -0.2) is 20.8 Å². The zero-order valence-electron chi connectivity index (χ0n) is 10.3. The molecule has 3 rings (SSSR count). The van der Waals surface area contributed by atoms with Gasteiger partial charge in [-0.25, -0.2) is 0 Å². The third-order valence-corrected chi connectivity index (χ3v) is 3.16. The Kier molecular flexibility index (Phi) is 2.43. The van der Waals surface area contributed by atoms with Crippen LogP contribution < -0.4 is 5.32 Å². The number of anilines is 1. The summed E-state index contributed by atoms with van der Waals surface area (Å²) >= 11 is 0. The van der Waals surface area contributed by atoms with E-state index in [1.54, 1.807) is 17.7 Å². The maximum atomic E-state index is 12.0. The summed E-state index contributed by atoms with van der Waals surface area (Å²) < 4.78 is 6.66. The lowest BCUT2D eigenvalue weighted by Gasteiger charge is -1.99. The normalized spacial score (nSPS) is 21.9. The molecule has 2 heterocycles. The van der Waals surface area contributed by atoms with E-state index in [9.17, 15) is 4.79 Å². The molecular weight excluding hydrogens is 232 g/mol. The molecule has 0 unspecified atom stereocenters. The molecule has 94 valence electrons. The van der Waals surface area contributed by atoms with E-state index >= 15 is 0 Å². The maximum Gasteiger partial charge on any atom is 0.229 e. The zero-order chi connectivity index (χ0) is 12.7. The van der Waals surface area contributed by atoms with Crippen LogP contribution in [0.15, 0.2) is 23.0 Å². The van der Waals surface area contributed by atoms with Crippen LogP contribution in [0.25, 0.3) is 0 Å². The van der Waals surface area contributed by atoms with Crippen LogP contribution in [0.3, 0.4) is 0 Å². The highest BCUT2D eigenvalue weighted by Gasteiger charge is 2.44. The molecule has 0 saturated heterocycles. The highest BCUT2D eigenvalue weighted by molar-refractivity contribution is 5.94. The van der Waals surface area contributed by atoms with Gasteiger partial charge in [0.2, 0.25) is 5.91 Å². The molecule has 1 N–H and O–H groups in total. The topological polar surface area (TPSA) is 73.0 Å². The first kappa shape index (κ1) is 11.0. The molecule has 0 bridgehead atoms. The van der Waals surface area contributed by atoms with Crippen molar-refractivity contribution in [2.45, 2.75) is 19.3 Å². The van der Waals surface area contributed by atoms with Crippen molar-refractivity contribution < 1.29 is 9.32 Å². The van der Waals surface area contributed by atoms with Crippen molar-refractivity contribution in [1.29, 1.82) is 0 Å². The van der Waals surface area contributed by atoms with Crippen LogP contribution >= 0.6 is 0 Å². The Bertz CT molecular complexity index is 586. The fourth-order valence-electron chi connectivity index (χ4n) is 2.13. The first-order valence-electron chi connectivity index (χ1n) is 5.86. The van der Waals surface area contributed by atoms with Gasteiger partial charge in [0.05, 0.1) is 6.20 Å². The Balaban J connectivity index is 1.62. The number of hydrogen-bond acceptors (Lipinski definition) is 4. The lowest BCUT2D eigenvalue weighted by molar-refractivity contribution is -0.117. The largest absolute Gasteiger partial charge is 0.360 e. The monoisotopic (exact) mass is 246 g/mol. The number of nitrogens with zero attached hydrogens (tertiary/aromatic N) is 3. The average molecular weight is 246 g/mol. The molecule has 2 aromatic rings. The Morgan fingerprint density at radius 3 is 3.06 bits per heavy atom. The third kappa shape index (κ3) is 2.01. The minimum Gasteiger partial charge on any atom is -0.360 e. The van der Waals surface area contributed by atoms with Gasteiger partial charge < -0.3 is 9.84 Å². The molecule has 1 aliphatic rings. The smallest absolute Gasteiger partial charge is 0.229 e. The van der Waals surface area contributed by atoms with Gasteiger partial charge in [0.1, 0.15) is 5.76 Å². The van der Waals surface area contributed by atoms with Crippen LogP contribution in [0.2, 0.25) is 0 Å². The Morgan fingerprint density at radius 2 is 2.44 bits per heavy atom. The van der Waals surface area contributed by atoms with E-state index in [4.69, 9.17) is 4.52 Å². The summed E-state index contributed by atoms with van der Waals surface area (Å²) in [6, 6.07) is 1.71. The summed E-state index contributed by atoms with van der Waals surface area (Å²) in [5.74, 6) is 1.47. The van der Waals surface area contributed by atoms with E-state index in [1.807, 2.05) is 19.4 Å². The summed E-state index contributed by atoms with van der Waals surface area (Å²) in [5, 5.41) is 10.6. The molecule has 6 nitrogen and oxygen atoms in total. The minimum absolute atomic E-state index is 0.00264. The molecule has 6 heteroatoms. The summed E-state index contributed by atoms with van der Waals surface area (Å²) in [5.41, 5.74) is 1.12. The second-order valence-corrected chi connectivity index (χ2v) is 4.71. The molecule has 1 saturated carbocycles. The van der Waals surface area contributed by atoms with Crippen molar-refractivity contribution in [2.75, 3.05) is 5.32 Å². The third-order valence-electron chi connectivity index (χ3n) is 3.16. The fourth-order valence-corrected chi connectivity index (χ4v) is 2.13. The molecule has 0 radical (unpaired) electrons. The zero-order valence-corrected chi connectivity index (χ0v) is 10.3. The van der Waals surface area contributed by atoms with Gasteiger partial charge in [-0.2, -0.15) is 5.10 Å². The lowest BCUT2D eigenvalue weighted by Crippen LogP contribution is -2.14. The van der Waals surface area contributed by atoms with Crippen molar-refractivity contribution in [3.8, 4) is 0 Å². The van der Waals surface area contributed by atoms with E-state index in [1.165, 1.54) is 0 Å². The number of rotatable bonds is 3. The van der Waals surface area contributed by atoms with Crippen molar-refractivity contribution >= 4 is 11.7 Å². The van der Waals surface area contributed by atoms with Crippen molar-refractivity contribution in [3.05, 3.63) is 29.8 Å². The maximum absolute atomic E-state index is 12.0. The van der Waals surface area contributed by atoms with Crippen LogP contribution in [0.4, 0.5) is 5.82 Å². The molecule has 2 atom stereocenters. The predicted octanol–water partition coefficient (Wildman–Crippen LogP) is 1.46. The number of carbonyl (C=O) groups is 1. The predicted molar refractivity (Wildman–Crippen MR) is 63.9 cm³/mol. The van der Waals surface area contributed by atoms with Gasteiger partial charge in [0.15, 0.2) is 5.82 Å². The second-order valence-electron chi connectivity index (χ2n) is 4.71. The van der Waals surface area contributed by atoms with E-state index in [0.29, 0.717) is 11.6 Å². The fraction of sp³-hybridized carbons (Fsp3) is 0.417. The van der Waals surface area contributed by atoms with Crippen molar-refractivity contribution in [3.63, 3.8) is 0 Å². The number of amides is 1. The SMILES string of the molecule is Cc1cc(NC(=O)[C@@H]2C[C@@H]2c2cnn(C)c2)no1. The molecule has 0 aromatic carbocycles. The number of carbonyl (C=O) groups excluding carboxylic acids is 1. The van der Waals surface area contributed by atoms with Crippen molar-refractivity contribution in [2.24, 2.45) is 13.0 Å². The molecule has 1 fully saturated rings. The summed E-state index contributed by atoms with van der Waals surface area (Å²) in [7, 11) is 1.87.